The van der Waals surface area contributed by atoms with Crippen LogP contribution in [0.1, 0.15) is 51.4 Å². The highest BCUT2D eigenvalue weighted by Crippen LogP contribution is 2.04. The highest BCUT2D eigenvalue weighted by Gasteiger charge is 2.00. The van der Waals surface area contributed by atoms with Crippen molar-refractivity contribution in [1.29, 1.82) is 0 Å². The molecule has 20 heavy (non-hydrogen) atoms. The van der Waals surface area contributed by atoms with Gasteiger partial charge in [-0.2, -0.15) is 0 Å². The van der Waals surface area contributed by atoms with Gasteiger partial charge in [0.05, 0.1) is 12.8 Å². The molecule has 0 aliphatic carbocycles. The number of carbonyl (C=O) groups is 4. The van der Waals surface area contributed by atoms with E-state index in [4.69, 9.17) is 20.4 Å². The van der Waals surface area contributed by atoms with Crippen molar-refractivity contribution >= 4 is 23.9 Å². The molecule has 0 fully saturated rings. The maximum absolute atomic E-state index is 10.0. The van der Waals surface area contributed by atoms with Crippen LogP contribution < -0.4 is 0 Å². The van der Waals surface area contributed by atoms with Crippen LogP contribution in [0.3, 0.4) is 0 Å². The Morgan fingerprint density at radius 2 is 0.700 bits per heavy atom. The van der Waals surface area contributed by atoms with Gasteiger partial charge in [-0.15, -0.1) is 0 Å². The molecule has 116 valence electrons. The van der Waals surface area contributed by atoms with E-state index >= 15 is 0 Å². The molecule has 0 saturated carbocycles. The van der Waals surface area contributed by atoms with Gasteiger partial charge in [0.1, 0.15) is 0 Å². The lowest BCUT2D eigenvalue weighted by Crippen LogP contribution is -2.00. The normalized spacial score (nSPS) is 9.20. The topological polar surface area (TPSA) is 149 Å². The summed E-state index contributed by atoms with van der Waals surface area (Å²) in [4.78, 5) is 39.4. The average molecular weight is 292 g/mol. The highest BCUT2D eigenvalue weighted by atomic mass is 16.4. The van der Waals surface area contributed by atoms with Crippen LogP contribution in [0, 0.1) is 0 Å². The monoisotopic (exact) mass is 292 g/mol. The first-order chi connectivity index (χ1) is 9.25. The van der Waals surface area contributed by atoms with E-state index in [1.54, 1.807) is 0 Å². The van der Waals surface area contributed by atoms with E-state index in [0.29, 0.717) is 12.8 Å². The predicted octanol–water partition coefficient (Wildman–Crippen LogP) is 1.43. The van der Waals surface area contributed by atoms with Crippen molar-refractivity contribution in [2.45, 2.75) is 51.4 Å². The molecule has 0 aliphatic heterocycles. The number of unbranched alkanes of at least 4 members (excludes halogenated alkanes) is 3. The Labute approximate surface area is 116 Å². The molecule has 0 aromatic heterocycles. The average Bonchev–Trinajstić information content (AvgIpc) is 2.31. The molecule has 0 spiro atoms. The predicted molar refractivity (Wildman–Crippen MR) is 67.5 cm³/mol. The molecule has 0 saturated heterocycles. The summed E-state index contributed by atoms with van der Waals surface area (Å²) in [6.07, 6.45) is 2.69. The van der Waals surface area contributed by atoms with Crippen molar-refractivity contribution in [2.24, 2.45) is 0 Å². The first kappa shape index (κ1) is 20.2. The smallest absolute Gasteiger partial charge is 0.303 e. The molecule has 0 amide bonds. The summed E-state index contributed by atoms with van der Waals surface area (Å²) >= 11 is 0. The maximum Gasteiger partial charge on any atom is 0.303 e. The van der Waals surface area contributed by atoms with Crippen LogP contribution in [-0.4, -0.2) is 44.3 Å². The molecule has 0 unspecified atom stereocenters. The van der Waals surface area contributed by atoms with Crippen LogP contribution >= 0.6 is 0 Å². The van der Waals surface area contributed by atoms with E-state index in [1.165, 1.54) is 0 Å². The largest absolute Gasteiger partial charge is 0.481 e. The molecule has 0 bridgehead atoms. The van der Waals surface area contributed by atoms with Gasteiger partial charge in [0.15, 0.2) is 0 Å². The van der Waals surface area contributed by atoms with Gasteiger partial charge >= 0.3 is 23.9 Å². The first-order valence-electron chi connectivity index (χ1n) is 6.13. The van der Waals surface area contributed by atoms with E-state index in [-0.39, 0.29) is 25.7 Å². The van der Waals surface area contributed by atoms with Crippen molar-refractivity contribution in [3.63, 3.8) is 0 Å². The maximum atomic E-state index is 10.0. The van der Waals surface area contributed by atoms with E-state index in [2.05, 4.69) is 0 Å². The van der Waals surface area contributed by atoms with Gasteiger partial charge in [0.25, 0.3) is 0 Å². The minimum Gasteiger partial charge on any atom is -0.481 e. The summed E-state index contributed by atoms with van der Waals surface area (Å²) < 4.78 is 0. The zero-order chi connectivity index (χ0) is 16.0. The summed E-state index contributed by atoms with van der Waals surface area (Å²) in [7, 11) is 0. The van der Waals surface area contributed by atoms with Crippen LogP contribution in [-0.2, 0) is 19.2 Å². The Bertz CT molecular complexity index is 291. The number of carboxylic acid groups (broad SMARTS) is 4. The minimum atomic E-state index is -1.08. The summed E-state index contributed by atoms with van der Waals surface area (Å²) in [5.41, 5.74) is 0. The van der Waals surface area contributed by atoms with Crippen LogP contribution in [0.25, 0.3) is 0 Å². The zero-order valence-electron chi connectivity index (χ0n) is 11.1. The van der Waals surface area contributed by atoms with E-state index in [0.717, 1.165) is 12.8 Å². The lowest BCUT2D eigenvalue weighted by atomic mass is 10.1. The second-order valence-corrected chi connectivity index (χ2v) is 3.99. The zero-order valence-corrected chi connectivity index (χ0v) is 11.1. The first-order valence-corrected chi connectivity index (χ1v) is 6.13. The number of carboxylic acids is 4. The van der Waals surface area contributed by atoms with Gasteiger partial charge in [0, 0.05) is 12.8 Å². The molecule has 0 heterocycles. The molecular formula is C12H20O8. The fourth-order valence-electron chi connectivity index (χ4n) is 1.12. The molecule has 0 radical (unpaired) electrons. The Hall–Kier alpha value is -2.12. The SMILES string of the molecule is O=C(O)CCC(=O)O.O=C(O)CCCCCCC(=O)O. The Kier molecular flexibility index (Phi) is 13.4. The third-order valence-corrected chi connectivity index (χ3v) is 2.08. The van der Waals surface area contributed by atoms with Crippen LogP contribution in [0.15, 0.2) is 0 Å². The van der Waals surface area contributed by atoms with E-state index < -0.39 is 23.9 Å². The third kappa shape index (κ3) is 24.9. The van der Waals surface area contributed by atoms with Gasteiger partial charge < -0.3 is 20.4 Å². The molecule has 8 heteroatoms. The summed E-state index contributed by atoms with van der Waals surface area (Å²) in [6, 6.07) is 0. The van der Waals surface area contributed by atoms with Crippen molar-refractivity contribution < 1.29 is 39.6 Å². The van der Waals surface area contributed by atoms with E-state index in [9.17, 15) is 19.2 Å². The molecule has 4 N–H and O–H groups in total. The van der Waals surface area contributed by atoms with Gasteiger partial charge in [-0.25, -0.2) is 0 Å². The van der Waals surface area contributed by atoms with Crippen molar-refractivity contribution in [1.82, 2.24) is 0 Å². The lowest BCUT2D eigenvalue weighted by molar-refractivity contribution is -0.143. The Balaban J connectivity index is 0. The number of aliphatic carboxylic acids is 4. The lowest BCUT2D eigenvalue weighted by Gasteiger charge is -1.96. The van der Waals surface area contributed by atoms with Crippen molar-refractivity contribution in [3.8, 4) is 0 Å². The molecule has 0 aromatic rings. The standard InChI is InChI=1S/C8H14O4.C4H6O4/c9-7(10)5-3-1-2-4-6-8(11)12;5-3(6)1-2-4(7)8/h1-6H2,(H,9,10)(H,11,12);1-2H2,(H,5,6)(H,7,8). The Morgan fingerprint density at radius 1 is 0.450 bits per heavy atom. The molecular weight excluding hydrogens is 272 g/mol. The highest BCUT2D eigenvalue weighted by molar-refractivity contribution is 5.75. The van der Waals surface area contributed by atoms with Crippen LogP contribution in [0.5, 0.6) is 0 Å². The molecule has 0 aliphatic rings. The quantitative estimate of drug-likeness (QED) is 0.442. The van der Waals surface area contributed by atoms with Crippen molar-refractivity contribution in [2.75, 3.05) is 0 Å². The van der Waals surface area contributed by atoms with Gasteiger partial charge in [-0.1, -0.05) is 12.8 Å². The summed E-state index contributed by atoms with van der Waals surface area (Å²) in [6.45, 7) is 0. The summed E-state index contributed by atoms with van der Waals surface area (Å²) in [5.74, 6) is -3.72. The number of rotatable bonds is 10. The fraction of sp³-hybridized carbons (Fsp3) is 0.667. The van der Waals surface area contributed by atoms with Crippen LogP contribution in [0.2, 0.25) is 0 Å². The minimum absolute atomic E-state index is 0.188. The van der Waals surface area contributed by atoms with Gasteiger partial charge in [-0.3, -0.25) is 19.2 Å². The molecule has 8 nitrogen and oxygen atoms in total. The van der Waals surface area contributed by atoms with Gasteiger partial charge in [0.2, 0.25) is 0 Å². The molecule has 0 atom stereocenters. The van der Waals surface area contributed by atoms with E-state index in [1.807, 2.05) is 0 Å². The van der Waals surface area contributed by atoms with Crippen molar-refractivity contribution in [3.05, 3.63) is 0 Å². The molecule has 0 aromatic carbocycles. The van der Waals surface area contributed by atoms with Crippen LogP contribution in [0.4, 0.5) is 0 Å². The van der Waals surface area contributed by atoms with Gasteiger partial charge in [-0.05, 0) is 12.8 Å². The Morgan fingerprint density at radius 3 is 0.900 bits per heavy atom. The second-order valence-electron chi connectivity index (χ2n) is 3.99. The number of hydrogen-bond donors (Lipinski definition) is 4. The summed E-state index contributed by atoms with van der Waals surface area (Å²) in [5, 5.41) is 32.3. The molecule has 0 rings (SSSR count). The number of hydrogen-bond acceptors (Lipinski definition) is 4. The second kappa shape index (κ2) is 13.3. The third-order valence-electron chi connectivity index (χ3n) is 2.08. The fourth-order valence-corrected chi connectivity index (χ4v) is 1.12.